The standard InChI is InChI=1S/C22H21N3O3/c1-15(2)28-17-12-10-16(11-13-17)21(26)24-19-8-4-3-7-18(19)22(27)25-20-9-5-6-14-23-20/h3-15H,1-2H3,(H,24,26)(H,23,25,27). The molecule has 0 fully saturated rings. The van der Waals surface area contributed by atoms with Gasteiger partial charge in [-0.05, 0) is 62.4 Å². The van der Waals surface area contributed by atoms with Crippen LogP contribution in [0.4, 0.5) is 11.5 Å². The fraction of sp³-hybridized carbons (Fsp3) is 0.136. The zero-order valence-corrected chi connectivity index (χ0v) is 15.7. The topological polar surface area (TPSA) is 80.3 Å². The molecule has 2 amide bonds. The minimum absolute atomic E-state index is 0.0594. The predicted octanol–water partition coefficient (Wildman–Crippen LogP) is 4.37. The zero-order chi connectivity index (χ0) is 19.9. The molecular formula is C22H21N3O3. The Hall–Kier alpha value is -3.67. The number of aromatic nitrogens is 1. The van der Waals surface area contributed by atoms with Crippen molar-refractivity contribution in [2.75, 3.05) is 10.6 Å². The van der Waals surface area contributed by atoms with Crippen molar-refractivity contribution >= 4 is 23.3 Å². The summed E-state index contributed by atoms with van der Waals surface area (Å²) in [7, 11) is 0. The van der Waals surface area contributed by atoms with Gasteiger partial charge in [0.2, 0.25) is 0 Å². The number of carbonyl (C=O) groups excluding carboxylic acids is 2. The van der Waals surface area contributed by atoms with Gasteiger partial charge in [0.15, 0.2) is 0 Å². The molecule has 2 aromatic carbocycles. The first-order valence-electron chi connectivity index (χ1n) is 8.92. The largest absolute Gasteiger partial charge is 0.491 e. The average Bonchev–Trinajstić information content (AvgIpc) is 2.69. The molecule has 6 heteroatoms. The third-order valence-electron chi connectivity index (χ3n) is 3.81. The molecule has 3 rings (SSSR count). The van der Waals surface area contributed by atoms with E-state index in [2.05, 4.69) is 15.6 Å². The lowest BCUT2D eigenvalue weighted by Crippen LogP contribution is -2.18. The van der Waals surface area contributed by atoms with E-state index in [9.17, 15) is 9.59 Å². The summed E-state index contributed by atoms with van der Waals surface area (Å²) in [5.41, 5.74) is 1.24. The van der Waals surface area contributed by atoms with Crippen molar-refractivity contribution < 1.29 is 14.3 Å². The number of amides is 2. The predicted molar refractivity (Wildman–Crippen MR) is 109 cm³/mol. The van der Waals surface area contributed by atoms with Crippen LogP contribution in [0.3, 0.4) is 0 Å². The first-order chi connectivity index (χ1) is 13.5. The second kappa shape index (κ2) is 8.81. The maximum atomic E-state index is 12.6. The Kier molecular flexibility index (Phi) is 6.01. The lowest BCUT2D eigenvalue weighted by molar-refractivity contribution is 0.102. The van der Waals surface area contributed by atoms with Gasteiger partial charge in [-0.2, -0.15) is 0 Å². The summed E-state index contributed by atoms with van der Waals surface area (Å²) >= 11 is 0. The van der Waals surface area contributed by atoms with Crippen LogP contribution in [0, 0.1) is 0 Å². The van der Waals surface area contributed by atoms with Crippen LogP contribution in [-0.4, -0.2) is 22.9 Å². The van der Waals surface area contributed by atoms with Gasteiger partial charge < -0.3 is 15.4 Å². The van der Waals surface area contributed by atoms with E-state index in [1.165, 1.54) is 0 Å². The second-order valence-electron chi connectivity index (χ2n) is 6.36. The molecule has 0 saturated carbocycles. The van der Waals surface area contributed by atoms with Gasteiger partial charge in [-0.25, -0.2) is 4.98 Å². The van der Waals surface area contributed by atoms with Gasteiger partial charge in [0, 0.05) is 11.8 Å². The molecule has 28 heavy (non-hydrogen) atoms. The third-order valence-corrected chi connectivity index (χ3v) is 3.81. The van der Waals surface area contributed by atoms with Gasteiger partial charge in [-0.3, -0.25) is 9.59 Å². The highest BCUT2D eigenvalue weighted by atomic mass is 16.5. The number of carbonyl (C=O) groups is 2. The molecule has 1 heterocycles. The normalized spacial score (nSPS) is 10.4. The summed E-state index contributed by atoms with van der Waals surface area (Å²) < 4.78 is 5.58. The maximum absolute atomic E-state index is 12.6. The molecule has 3 aromatic rings. The molecule has 0 aliphatic rings. The van der Waals surface area contributed by atoms with E-state index in [0.29, 0.717) is 28.4 Å². The first-order valence-corrected chi connectivity index (χ1v) is 8.92. The molecule has 2 N–H and O–H groups in total. The SMILES string of the molecule is CC(C)Oc1ccc(C(=O)Nc2ccccc2C(=O)Nc2ccccn2)cc1. The van der Waals surface area contributed by atoms with Crippen LogP contribution in [0.15, 0.2) is 72.9 Å². The Balaban J connectivity index is 1.74. The number of nitrogens with one attached hydrogen (secondary N) is 2. The molecule has 0 bridgehead atoms. The summed E-state index contributed by atoms with van der Waals surface area (Å²) in [5, 5.41) is 5.51. The number of ether oxygens (including phenoxy) is 1. The third kappa shape index (κ3) is 4.94. The van der Waals surface area contributed by atoms with Crippen LogP contribution in [0.5, 0.6) is 5.75 Å². The summed E-state index contributed by atoms with van der Waals surface area (Å²) in [4.78, 5) is 29.2. The molecule has 6 nitrogen and oxygen atoms in total. The van der Waals surface area contributed by atoms with E-state index in [1.807, 2.05) is 13.8 Å². The summed E-state index contributed by atoms with van der Waals surface area (Å²) in [6.45, 7) is 3.88. The minimum atomic E-state index is -0.352. The van der Waals surface area contributed by atoms with Crippen molar-refractivity contribution in [1.29, 1.82) is 0 Å². The van der Waals surface area contributed by atoms with Gasteiger partial charge in [0.05, 0.1) is 17.4 Å². The quantitative estimate of drug-likeness (QED) is 0.670. The maximum Gasteiger partial charge on any atom is 0.258 e. The number of rotatable bonds is 6. The van der Waals surface area contributed by atoms with E-state index in [-0.39, 0.29) is 17.9 Å². The second-order valence-corrected chi connectivity index (χ2v) is 6.36. The van der Waals surface area contributed by atoms with E-state index in [0.717, 1.165) is 0 Å². The van der Waals surface area contributed by atoms with Gasteiger partial charge in [-0.1, -0.05) is 18.2 Å². The molecule has 0 spiro atoms. The van der Waals surface area contributed by atoms with Gasteiger partial charge in [-0.15, -0.1) is 0 Å². The zero-order valence-electron chi connectivity index (χ0n) is 15.7. The highest BCUT2D eigenvalue weighted by Gasteiger charge is 2.15. The Morgan fingerprint density at radius 3 is 2.25 bits per heavy atom. The number of pyridine rings is 1. The Bertz CT molecular complexity index is 954. The average molecular weight is 375 g/mol. The van der Waals surface area contributed by atoms with Crippen molar-refractivity contribution in [2.45, 2.75) is 20.0 Å². The number of para-hydroxylation sites is 1. The van der Waals surface area contributed by atoms with Crippen LogP contribution in [0.25, 0.3) is 0 Å². The van der Waals surface area contributed by atoms with Crippen LogP contribution in [-0.2, 0) is 0 Å². The summed E-state index contributed by atoms with van der Waals surface area (Å²) in [6, 6.07) is 18.9. The summed E-state index contributed by atoms with van der Waals surface area (Å²) in [6.07, 6.45) is 1.65. The number of hydrogen-bond acceptors (Lipinski definition) is 4. The van der Waals surface area contributed by atoms with Gasteiger partial charge in [0.25, 0.3) is 11.8 Å². The molecular weight excluding hydrogens is 354 g/mol. The Morgan fingerprint density at radius 1 is 0.857 bits per heavy atom. The summed E-state index contributed by atoms with van der Waals surface area (Å²) in [5.74, 6) is 0.473. The number of anilines is 2. The molecule has 0 unspecified atom stereocenters. The van der Waals surface area contributed by atoms with Crippen LogP contribution in [0.2, 0.25) is 0 Å². The Morgan fingerprint density at radius 2 is 1.57 bits per heavy atom. The van der Waals surface area contributed by atoms with E-state index in [4.69, 9.17) is 4.74 Å². The van der Waals surface area contributed by atoms with Gasteiger partial charge >= 0.3 is 0 Å². The van der Waals surface area contributed by atoms with Crippen molar-refractivity contribution in [3.05, 3.63) is 84.1 Å². The molecule has 142 valence electrons. The highest BCUT2D eigenvalue weighted by Crippen LogP contribution is 2.19. The number of benzene rings is 2. The number of nitrogens with zero attached hydrogens (tertiary/aromatic N) is 1. The van der Waals surface area contributed by atoms with E-state index >= 15 is 0 Å². The molecule has 0 radical (unpaired) electrons. The fourth-order valence-corrected chi connectivity index (χ4v) is 2.56. The van der Waals surface area contributed by atoms with Crippen LogP contribution in [0.1, 0.15) is 34.6 Å². The molecule has 0 saturated heterocycles. The number of hydrogen-bond donors (Lipinski definition) is 2. The van der Waals surface area contributed by atoms with Crippen molar-refractivity contribution in [2.24, 2.45) is 0 Å². The van der Waals surface area contributed by atoms with Crippen LogP contribution < -0.4 is 15.4 Å². The molecule has 1 aromatic heterocycles. The molecule has 0 aliphatic heterocycles. The van der Waals surface area contributed by atoms with Crippen LogP contribution >= 0.6 is 0 Å². The molecule has 0 atom stereocenters. The van der Waals surface area contributed by atoms with E-state index < -0.39 is 0 Å². The first kappa shape index (κ1) is 19.1. The lowest BCUT2D eigenvalue weighted by Gasteiger charge is -2.12. The fourth-order valence-electron chi connectivity index (χ4n) is 2.56. The monoisotopic (exact) mass is 375 g/mol. The van der Waals surface area contributed by atoms with Crippen molar-refractivity contribution in [1.82, 2.24) is 4.98 Å². The molecule has 0 aliphatic carbocycles. The Labute approximate surface area is 163 Å². The van der Waals surface area contributed by atoms with E-state index in [1.54, 1.807) is 72.9 Å². The minimum Gasteiger partial charge on any atom is -0.491 e. The lowest BCUT2D eigenvalue weighted by atomic mass is 10.1. The van der Waals surface area contributed by atoms with Gasteiger partial charge in [0.1, 0.15) is 11.6 Å². The van der Waals surface area contributed by atoms with Crippen molar-refractivity contribution in [3.8, 4) is 5.75 Å². The van der Waals surface area contributed by atoms with Crippen molar-refractivity contribution in [3.63, 3.8) is 0 Å². The smallest absolute Gasteiger partial charge is 0.258 e. The highest BCUT2D eigenvalue weighted by molar-refractivity contribution is 6.12.